The molecule has 1 saturated carbocycles. The molecular formula is C23H25BrN6O3. The van der Waals surface area contributed by atoms with E-state index in [1.54, 1.807) is 13.0 Å². The molecule has 1 aromatic carbocycles. The molecule has 0 spiro atoms. The van der Waals surface area contributed by atoms with Gasteiger partial charge in [0.1, 0.15) is 11.6 Å². The zero-order valence-corrected chi connectivity index (χ0v) is 20.1. The van der Waals surface area contributed by atoms with Crippen LogP contribution in [0, 0.1) is 11.3 Å². The van der Waals surface area contributed by atoms with Crippen molar-refractivity contribution in [1.29, 1.82) is 5.26 Å². The third-order valence-corrected chi connectivity index (χ3v) is 6.47. The Hall–Kier alpha value is -3.19. The molecule has 1 aliphatic heterocycles. The van der Waals surface area contributed by atoms with Crippen LogP contribution in [0.5, 0.6) is 5.88 Å². The molecule has 1 unspecified atom stereocenters. The number of methoxy groups -OCH3 is 1. The molecule has 1 aliphatic carbocycles. The molecule has 2 aromatic rings. The maximum Gasteiger partial charge on any atom is 0.254 e. The molecule has 9 nitrogen and oxygen atoms in total. The van der Waals surface area contributed by atoms with Gasteiger partial charge in [-0.05, 0) is 50.3 Å². The zero-order chi connectivity index (χ0) is 23.5. The Balaban J connectivity index is 1.43. The Morgan fingerprint density at radius 2 is 2.21 bits per heavy atom. The minimum atomic E-state index is -0.315. The van der Waals surface area contributed by atoms with E-state index in [9.17, 15) is 9.59 Å². The molecule has 0 bridgehead atoms. The van der Waals surface area contributed by atoms with Crippen LogP contribution >= 0.6 is 15.9 Å². The maximum absolute atomic E-state index is 13.2. The van der Waals surface area contributed by atoms with Crippen LogP contribution in [-0.2, 0) is 11.3 Å². The fourth-order valence-corrected chi connectivity index (χ4v) is 4.48. The first-order valence-electron chi connectivity index (χ1n) is 10.9. The van der Waals surface area contributed by atoms with Gasteiger partial charge in [-0.2, -0.15) is 10.2 Å². The lowest BCUT2D eigenvalue weighted by atomic mass is 9.90. The van der Waals surface area contributed by atoms with Crippen molar-refractivity contribution in [3.05, 3.63) is 41.1 Å². The van der Waals surface area contributed by atoms with Gasteiger partial charge in [0.15, 0.2) is 0 Å². The predicted octanol–water partition coefficient (Wildman–Crippen LogP) is 3.46. The fourth-order valence-electron chi connectivity index (χ4n) is 4.37. The summed E-state index contributed by atoms with van der Waals surface area (Å²) in [4.78, 5) is 35.3. The van der Waals surface area contributed by atoms with Crippen molar-refractivity contribution in [3.8, 4) is 11.9 Å². The Morgan fingerprint density at radius 3 is 2.94 bits per heavy atom. The van der Waals surface area contributed by atoms with Crippen LogP contribution in [0.15, 0.2) is 24.4 Å². The smallest absolute Gasteiger partial charge is 0.254 e. The second-order valence-corrected chi connectivity index (χ2v) is 9.67. The Labute approximate surface area is 200 Å². The van der Waals surface area contributed by atoms with E-state index in [-0.39, 0.29) is 40.2 Å². The number of nitrogens with one attached hydrogen (secondary N) is 2. The summed E-state index contributed by atoms with van der Waals surface area (Å²) >= 11 is 3.25. The number of fused-ring (bicyclic) bond motifs is 1. The van der Waals surface area contributed by atoms with Crippen LogP contribution in [0.3, 0.4) is 0 Å². The van der Waals surface area contributed by atoms with Gasteiger partial charge in [0.05, 0.1) is 18.1 Å². The SMILES string of the molecule is COc1nc(N[C@@H]2CCC[C@H](N3Cc4ccc(NC(=O)C(C)Br)cc4C3=O)C2)ncc1C#N. The van der Waals surface area contributed by atoms with Gasteiger partial charge in [0, 0.05) is 29.9 Å². The summed E-state index contributed by atoms with van der Waals surface area (Å²) in [5, 5.41) is 15.3. The van der Waals surface area contributed by atoms with Crippen molar-refractivity contribution in [1.82, 2.24) is 14.9 Å². The van der Waals surface area contributed by atoms with Crippen molar-refractivity contribution in [2.75, 3.05) is 17.7 Å². The standard InChI is InChI=1S/C23H25BrN6O3/c1-13(24)20(31)27-17-7-6-14-12-30(22(32)19(14)9-17)18-5-3-4-16(8-18)28-23-26-11-15(10-25)21(29-23)33-2/h6-7,9,11,13,16,18H,3-5,8,12H2,1-2H3,(H,27,31)(H,26,28,29)/t13?,16-,18+/m1/s1. The summed E-state index contributed by atoms with van der Waals surface area (Å²) in [5.41, 5.74) is 2.52. The minimum absolute atomic E-state index is 0.00469. The summed E-state index contributed by atoms with van der Waals surface area (Å²) in [6.07, 6.45) is 5.07. The normalized spacial score (nSPS) is 20.5. The van der Waals surface area contributed by atoms with Crippen LogP contribution < -0.4 is 15.4 Å². The first-order valence-corrected chi connectivity index (χ1v) is 11.8. The molecule has 2 heterocycles. The summed E-state index contributed by atoms with van der Waals surface area (Å²) in [7, 11) is 1.47. The van der Waals surface area contributed by atoms with Gasteiger partial charge < -0.3 is 20.3 Å². The van der Waals surface area contributed by atoms with Gasteiger partial charge >= 0.3 is 0 Å². The highest BCUT2D eigenvalue weighted by atomic mass is 79.9. The molecule has 1 aromatic heterocycles. The van der Waals surface area contributed by atoms with Crippen LogP contribution in [0.4, 0.5) is 11.6 Å². The van der Waals surface area contributed by atoms with Crippen molar-refractivity contribution in [2.45, 2.75) is 56.1 Å². The zero-order valence-electron chi connectivity index (χ0n) is 18.5. The maximum atomic E-state index is 13.2. The predicted molar refractivity (Wildman–Crippen MR) is 126 cm³/mol. The monoisotopic (exact) mass is 512 g/mol. The Morgan fingerprint density at radius 1 is 1.39 bits per heavy atom. The first-order chi connectivity index (χ1) is 15.9. The lowest BCUT2D eigenvalue weighted by Crippen LogP contribution is -2.42. The van der Waals surface area contributed by atoms with Gasteiger partial charge in [-0.25, -0.2) is 4.98 Å². The topological polar surface area (TPSA) is 120 Å². The van der Waals surface area contributed by atoms with Crippen LogP contribution in [-0.4, -0.2) is 50.7 Å². The van der Waals surface area contributed by atoms with E-state index in [1.165, 1.54) is 13.3 Å². The van der Waals surface area contributed by atoms with E-state index >= 15 is 0 Å². The van der Waals surface area contributed by atoms with Crippen LogP contribution in [0.2, 0.25) is 0 Å². The number of hydrogen-bond donors (Lipinski definition) is 2. The second-order valence-electron chi connectivity index (χ2n) is 8.30. The third-order valence-electron chi connectivity index (χ3n) is 6.06. The molecule has 33 heavy (non-hydrogen) atoms. The van der Waals surface area contributed by atoms with E-state index in [0.717, 1.165) is 31.2 Å². The number of alkyl halides is 1. The second kappa shape index (κ2) is 9.75. The molecule has 2 N–H and O–H groups in total. The van der Waals surface area contributed by atoms with Crippen molar-refractivity contribution >= 4 is 39.4 Å². The number of nitrogens with zero attached hydrogens (tertiary/aromatic N) is 4. The summed E-state index contributed by atoms with van der Waals surface area (Å²) in [6.45, 7) is 2.32. The molecule has 2 aliphatic rings. The molecule has 0 radical (unpaired) electrons. The largest absolute Gasteiger partial charge is 0.480 e. The van der Waals surface area contributed by atoms with Crippen LogP contribution in [0.1, 0.15) is 54.1 Å². The van der Waals surface area contributed by atoms with Gasteiger partial charge in [-0.15, -0.1) is 0 Å². The van der Waals surface area contributed by atoms with E-state index in [4.69, 9.17) is 10.00 Å². The summed E-state index contributed by atoms with van der Waals surface area (Å²) in [6, 6.07) is 7.72. The average Bonchev–Trinajstić information content (AvgIpc) is 3.15. The first kappa shape index (κ1) is 23.0. The highest BCUT2D eigenvalue weighted by Crippen LogP contribution is 2.33. The van der Waals surface area contributed by atoms with Gasteiger partial charge in [0.2, 0.25) is 17.7 Å². The number of halogens is 1. The molecular weight excluding hydrogens is 488 g/mol. The number of carbonyl (C=O) groups excluding carboxylic acids is 2. The third kappa shape index (κ3) is 4.93. The van der Waals surface area contributed by atoms with Crippen molar-refractivity contribution in [2.24, 2.45) is 0 Å². The van der Waals surface area contributed by atoms with E-state index < -0.39 is 0 Å². The Kier molecular flexibility index (Phi) is 6.79. The van der Waals surface area contributed by atoms with Crippen molar-refractivity contribution in [3.63, 3.8) is 0 Å². The number of amides is 2. The number of carbonyl (C=O) groups is 2. The number of rotatable bonds is 6. The lowest BCUT2D eigenvalue weighted by Gasteiger charge is -2.35. The lowest BCUT2D eigenvalue weighted by molar-refractivity contribution is -0.115. The van der Waals surface area contributed by atoms with Crippen LogP contribution in [0.25, 0.3) is 0 Å². The number of hydrogen-bond acceptors (Lipinski definition) is 7. The molecule has 10 heteroatoms. The van der Waals surface area contributed by atoms with Crippen molar-refractivity contribution < 1.29 is 14.3 Å². The molecule has 2 amide bonds. The molecule has 0 saturated heterocycles. The minimum Gasteiger partial charge on any atom is -0.480 e. The van der Waals surface area contributed by atoms with E-state index in [0.29, 0.717) is 23.7 Å². The molecule has 172 valence electrons. The quantitative estimate of drug-likeness (QED) is 0.568. The molecule has 4 rings (SSSR count). The van der Waals surface area contributed by atoms with E-state index in [1.807, 2.05) is 23.1 Å². The number of benzene rings is 1. The van der Waals surface area contributed by atoms with Gasteiger partial charge in [-0.3, -0.25) is 9.59 Å². The van der Waals surface area contributed by atoms with E-state index in [2.05, 4.69) is 36.5 Å². The molecule has 1 fully saturated rings. The summed E-state index contributed by atoms with van der Waals surface area (Å²) in [5.74, 6) is 0.494. The fraction of sp³-hybridized carbons (Fsp3) is 0.435. The number of ether oxygens (including phenoxy) is 1. The highest BCUT2D eigenvalue weighted by Gasteiger charge is 2.36. The highest BCUT2D eigenvalue weighted by molar-refractivity contribution is 9.10. The Bertz CT molecular complexity index is 1120. The number of nitriles is 1. The number of anilines is 2. The van der Waals surface area contributed by atoms with Gasteiger partial charge in [-0.1, -0.05) is 22.0 Å². The average molecular weight is 513 g/mol. The molecule has 3 atom stereocenters. The summed E-state index contributed by atoms with van der Waals surface area (Å²) < 4.78 is 5.17. The number of aromatic nitrogens is 2. The van der Waals surface area contributed by atoms with Gasteiger partial charge in [0.25, 0.3) is 5.91 Å².